The van der Waals surface area contributed by atoms with Gasteiger partial charge in [-0.05, 0) is 37.5 Å². The summed E-state index contributed by atoms with van der Waals surface area (Å²) in [7, 11) is 0. The Labute approximate surface area is 120 Å². The molecule has 0 bridgehead atoms. The van der Waals surface area contributed by atoms with Gasteiger partial charge in [-0.3, -0.25) is 0 Å². The van der Waals surface area contributed by atoms with Crippen LogP contribution in [0.1, 0.15) is 28.0 Å². The summed E-state index contributed by atoms with van der Waals surface area (Å²) < 4.78 is 0. The van der Waals surface area contributed by atoms with E-state index in [1.54, 1.807) is 18.5 Å². The van der Waals surface area contributed by atoms with Crippen molar-refractivity contribution in [3.63, 3.8) is 0 Å². The van der Waals surface area contributed by atoms with Gasteiger partial charge in [0, 0.05) is 16.9 Å². The zero-order valence-corrected chi connectivity index (χ0v) is 11.3. The number of nitrogens with one attached hydrogen (secondary N) is 1. The van der Waals surface area contributed by atoms with E-state index in [1.165, 1.54) is 6.07 Å². The average molecular weight is 290 g/mol. The first-order valence-corrected chi connectivity index (χ1v) is 6.65. The summed E-state index contributed by atoms with van der Waals surface area (Å²) in [4.78, 5) is 19.4. The minimum absolute atomic E-state index is 0.0881. The lowest BCUT2D eigenvalue weighted by atomic mass is 10.2. The summed E-state index contributed by atoms with van der Waals surface area (Å²) in [5, 5.41) is 12.3. The van der Waals surface area contributed by atoms with Gasteiger partial charge in [0.25, 0.3) is 0 Å². The van der Waals surface area contributed by atoms with Crippen LogP contribution in [0, 0.1) is 0 Å². The smallest absolute Gasteiger partial charge is 0.337 e. The number of aromatic carboxylic acids is 1. The van der Waals surface area contributed by atoms with Gasteiger partial charge < -0.3 is 10.4 Å². The second kappa shape index (κ2) is 5.09. The maximum absolute atomic E-state index is 10.9. The normalized spacial score (nSPS) is 13.1. The molecule has 0 amide bonds. The average Bonchev–Trinajstić information content (AvgIpc) is 2.87. The third kappa shape index (κ3) is 2.32. The van der Waals surface area contributed by atoms with Crippen molar-refractivity contribution in [1.29, 1.82) is 0 Å². The van der Waals surface area contributed by atoms with Crippen LogP contribution in [-0.4, -0.2) is 21.0 Å². The van der Waals surface area contributed by atoms with Gasteiger partial charge in [0.1, 0.15) is 12.1 Å². The van der Waals surface area contributed by atoms with E-state index in [9.17, 15) is 4.79 Å². The highest BCUT2D eigenvalue weighted by atomic mass is 35.5. The number of carbonyl (C=O) groups is 1. The van der Waals surface area contributed by atoms with Crippen LogP contribution in [0.15, 0.2) is 24.5 Å². The number of anilines is 2. The van der Waals surface area contributed by atoms with Crippen molar-refractivity contribution in [3.05, 3.63) is 46.4 Å². The number of fused-ring (bicyclic) bond motifs is 1. The Morgan fingerprint density at radius 1 is 1.30 bits per heavy atom. The number of carboxylic acid groups (broad SMARTS) is 1. The number of halogens is 1. The largest absolute Gasteiger partial charge is 0.478 e. The molecule has 0 saturated heterocycles. The monoisotopic (exact) mass is 289 g/mol. The van der Waals surface area contributed by atoms with Crippen molar-refractivity contribution >= 4 is 29.1 Å². The van der Waals surface area contributed by atoms with Crippen molar-refractivity contribution in [2.24, 2.45) is 0 Å². The Morgan fingerprint density at radius 2 is 2.15 bits per heavy atom. The highest BCUT2D eigenvalue weighted by Gasteiger charge is 2.17. The lowest BCUT2D eigenvalue weighted by molar-refractivity contribution is 0.0697. The van der Waals surface area contributed by atoms with Gasteiger partial charge in [0.15, 0.2) is 0 Å². The number of hydrogen-bond acceptors (Lipinski definition) is 4. The van der Waals surface area contributed by atoms with Crippen LogP contribution in [0.2, 0.25) is 5.02 Å². The first kappa shape index (κ1) is 12.9. The highest BCUT2D eigenvalue weighted by Crippen LogP contribution is 2.29. The Morgan fingerprint density at radius 3 is 2.90 bits per heavy atom. The van der Waals surface area contributed by atoms with E-state index in [-0.39, 0.29) is 10.6 Å². The second-order valence-corrected chi connectivity index (χ2v) is 5.03. The zero-order valence-electron chi connectivity index (χ0n) is 10.6. The van der Waals surface area contributed by atoms with E-state index < -0.39 is 5.97 Å². The number of aromatic nitrogens is 2. The first-order chi connectivity index (χ1) is 9.65. The van der Waals surface area contributed by atoms with Gasteiger partial charge >= 0.3 is 5.97 Å². The van der Waals surface area contributed by atoms with E-state index in [2.05, 4.69) is 15.3 Å². The molecule has 5 nitrogen and oxygen atoms in total. The van der Waals surface area contributed by atoms with Gasteiger partial charge in [-0.15, -0.1) is 0 Å². The summed E-state index contributed by atoms with van der Waals surface area (Å²) in [6.45, 7) is 0. The molecule has 0 fully saturated rings. The lowest BCUT2D eigenvalue weighted by Crippen LogP contribution is -2.02. The maximum Gasteiger partial charge on any atom is 0.337 e. The predicted octanol–water partition coefficient (Wildman–Crippen LogP) is 3.06. The number of benzene rings is 1. The SMILES string of the molecule is O=C(O)c1ccc(Nc2ncnc3c2CCC3)cc1Cl. The first-order valence-electron chi connectivity index (χ1n) is 6.28. The minimum atomic E-state index is -1.04. The zero-order chi connectivity index (χ0) is 14.1. The molecule has 0 saturated carbocycles. The Balaban J connectivity index is 1.91. The topological polar surface area (TPSA) is 75.1 Å². The van der Waals surface area contributed by atoms with Gasteiger partial charge in [-0.1, -0.05) is 11.6 Å². The van der Waals surface area contributed by atoms with Crippen molar-refractivity contribution in [1.82, 2.24) is 9.97 Å². The molecule has 0 unspecified atom stereocenters. The third-order valence-electron chi connectivity index (χ3n) is 3.34. The second-order valence-electron chi connectivity index (χ2n) is 4.63. The molecule has 2 N–H and O–H groups in total. The van der Waals surface area contributed by atoms with Crippen molar-refractivity contribution in [2.45, 2.75) is 19.3 Å². The predicted molar refractivity (Wildman–Crippen MR) is 75.8 cm³/mol. The molecule has 0 atom stereocenters. The number of carboxylic acids is 1. The molecule has 1 aliphatic rings. The summed E-state index contributed by atoms with van der Waals surface area (Å²) in [5.74, 6) is -0.267. The fourth-order valence-corrected chi connectivity index (χ4v) is 2.63. The van der Waals surface area contributed by atoms with E-state index >= 15 is 0 Å². The summed E-state index contributed by atoms with van der Waals surface area (Å²) in [6, 6.07) is 4.75. The van der Waals surface area contributed by atoms with Crippen LogP contribution >= 0.6 is 11.6 Å². The maximum atomic E-state index is 10.9. The molecule has 0 aliphatic heterocycles. The summed E-state index contributed by atoms with van der Waals surface area (Å²) >= 11 is 5.95. The van der Waals surface area contributed by atoms with Gasteiger partial charge in [0.2, 0.25) is 0 Å². The van der Waals surface area contributed by atoms with Crippen LogP contribution in [0.5, 0.6) is 0 Å². The van der Waals surface area contributed by atoms with E-state index in [0.29, 0.717) is 5.69 Å². The molecule has 0 spiro atoms. The molecule has 1 aliphatic carbocycles. The molecule has 1 aromatic carbocycles. The summed E-state index contributed by atoms with van der Waals surface area (Å²) in [6.07, 6.45) is 4.56. The van der Waals surface area contributed by atoms with E-state index in [1.807, 2.05) is 0 Å². The van der Waals surface area contributed by atoms with Gasteiger partial charge in [-0.2, -0.15) is 0 Å². The molecule has 1 heterocycles. The fourth-order valence-electron chi connectivity index (χ4n) is 2.37. The van der Waals surface area contributed by atoms with E-state index in [4.69, 9.17) is 16.7 Å². The molecule has 102 valence electrons. The van der Waals surface area contributed by atoms with Crippen molar-refractivity contribution in [2.75, 3.05) is 5.32 Å². The number of aryl methyl sites for hydroxylation is 1. The highest BCUT2D eigenvalue weighted by molar-refractivity contribution is 6.33. The Kier molecular flexibility index (Phi) is 3.28. The Hall–Kier alpha value is -2.14. The number of hydrogen-bond donors (Lipinski definition) is 2. The number of nitrogens with zero attached hydrogens (tertiary/aromatic N) is 2. The molecule has 20 heavy (non-hydrogen) atoms. The summed E-state index contributed by atoms with van der Waals surface area (Å²) in [5.41, 5.74) is 3.01. The lowest BCUT2D eigenvalue weighted by Gasteiger charge is -2.10. The van der Waals surface area contributed by atoms with Gasteiger partial charge in [-0.25, -0.2) is 14.8 Å². The van der Waals surface area contributed by atoms with Crippen molar-refractivity contribution < 1.29 is 9.90 Å². The van der Waals surface area contributed by atoms with Crippen LogP contribution in [0.3, 0.4) is 0 Å². The molecular weight excluding hydrogens is 278 g/mol. The fraction of sp³-hybridized carbons (Fsp3) is 0.214. The molecule has 2 aromatic rings. The minimum Gasteiger partial charge on any atom is -0.478 e. The molecule has 0 radical (unpaired) electrons. The molecule has 6 heteroatoms. The van der Waals surface area contributed by atoms with Gasteiger partial charge in [0.05, 0.1) is 10.6 Å². The van der Waals surface area contributed by atoms with Crippen LogP contribution in [0.4, 0.5) is 11.5 Å². The molecular formula is C14H12ClN3O2. The standard InChI is InChI=1S/C14H12ClN3O2/c15-11-6-8(4-5-9(11)14(19)20)18-13-10-2-1-3-12(10)16-7-17-13/h4-7H,1-3H2,(H,19,20)(H,16,17,18). The quantitative estimate of drug-likeness (QED) is 0.908. The van der Waals surface area contributed by atoms with Crippen molar-refractivity contribution in [3.8, 4) is 0 Å². The third-order valence-corrected chi connectivity index (χ3v) is 3.65. The van der Waals surface area contributed by atoms with Crippen LogP contribution in [0.25, 0.3) is 0 Å². The van der Waals surface area contributed by atoms with E-state index in [0.717, 1.165) is 36.3 Å². The molecule has 3 rings (SSSR count). The molecule has 1 aromatic heterocycles. The van der Waals surface area contributed by atoms with Crippen LogP contribution in [-0.2, 0) is 12.8 Å². The number of rotatable bonds is 3. The Bertz CT molecular complexity index is 688. The van der Waals surface area contributed by atoms with Crippen LogP contribution < -0.4 is 5.32 Å².